The summed E-state index contributed by atoms with van der Waals surface area (Å²) in [6.45, 7) is 0. The molecule has 0 bridgehead atoms. The van der Waals surface area contributed by atoms with E-state index in [4.69, 9.17) is 0 Å². The Labute approximate surface area is 115 Å². The van der Waals surface area contributed by atoms with Gasteiger partial charge in [-0.05, 0) is 12.1 Å². The molecule has 0 saturated heterocycles. The maximum absolute atomic E-state index is 11.2. The molecule has 2 N–H and O–H groups in total. The number of benzene rings is 1. The Kier molecular flexibility index (Phi) is 4.06. The van der Waals surface area contributed by atoms with Crippen LogP contribution in [0, 0.1) is 10.1 Å². The minimum absolute atomic E-state index is 0.133. The summed E-state index contributed by atoms with van der Waals surface area (Å²) in [6.07, 6.45) is 1.27. The minimum Gasteiger partial charge on any atom is -0.334 e. The Balaban J connectivity index is 2.39. The van der Waals surface area contributed by atoms with E-state index in [1.807, 2.05) is 18.2 Å². The number of anilines is 3. The molecule has 0 fully saturated rings. The quantitative estimate of drug-likeness (QED) is 0.636. The summed E-state index contributed by atoms with van der Waals surface area (Å²) < 4.78 is 0. The molecule has 0 atom stereocenters. The highest BCUT2D eigenvalue weighted by Gasteiger charge is 2.23. The average molecular weight is 274 g/mol. The molecule has 0 aliphatic carbocycles. The van der Waals surface area contributed by atoms with Crippen LogP contribution in [0.3, 0.4) is 0 Å². The number of nitrogens with zero attached hydrogens (tertiary/aromatic N) is 4. The number of aromatic nitrogens is 2. The van der Waals surface area contributed by atoms with Gasteiger partial charge in [-0.1, -0.05) is 18.2 Å². The Morgan fingerprint density at radius 2 is 1.80 bits per heavy atom. The van der Waals surface area contributed by atoms with Gasteiger partial charge in [-0.15, -0.1) is 0 Å². The maximum atomic E-state index is 11.2. The van der Waals surface area contributed by atoms with E-state index < -0.39 is 4.92 Å². The van der Waals surface area contributed by atoms with Crippen molar-refractivity contribution in [2.75, 3.05) is 24.8 Å². The molecule has 0 amide bonds. The maximum Gasteiger partial charge on any atom is 0.354 e. The topological polar surface area (TPSA) is 96.2 Å². The lowest BCUT2D eigenvalue weighted by Crippen LogP contribution is -2.21. The van der Waals surface area contributed by atoms with Gasteiger partial charge in [-0.25, -0.2) is 15.0 Å². The monoisotopic (exact) mass is 274 g/mol. The Hall–Kier alpha value is -2.74. The highest BCUT2D eigenvalue weighted by Crippen LogP contribution is 2.30. The summed E-state index contributed by atoms with van der Waals surface area (Å²) in [5.74, 6) is 0.272. The van der Waals surface area contributed by atoms with Crippen molar-refractivity contribution in [1.82, 2.24) is 15.0 Å². The third-order valence-corrected chi connectivity index (χ3v) is 2.37. The second-order valence-corrected chi connectivity index (χ2v) is 4.17. The summed E-state index contributed by atoms with van der Waals surface area (Å²) >= 11 is 0. The van der Waals surface area contributed by atoms with Gasteiger partial charge in [0.05, 0.1) is 4.92 Å². The van der Waals surface area contributed by atoms with Gasteiger partial charge in [0.2, 0.25) is 11.6 Å². The number of hydrogen-bond donors (Lipinski definition) is 2. The number of hydrogen-bond acceptors (Lipinski definition) is 7. The molecule has 0 aliphatic heterocycles. The molecule has 104 valence electrons. The van der Waals surface area contributed by atoms with Crippen LogP contribution in [0.2, 0.25) is 0 Å². The van der Waals surface area contributed by atoms with Crippen molar-refractivity contribution in [3.05, 3.63) is 46.8 Å². The highest BCUT2D eigenvalue weighted by atomic mass is 16.6. The molecule has 2 aromatic rings. The SMILES string of the molecule is CN(C)Nc1ncnc(Nc2ccccc2)c1[N+](=O)[O-]. The normalized spacial score (nSPS) is 10.3. The van der Waals surface area contributed by atoms with Gasteiger partial charge >= 0.3 is 5.69 Å². The largest absolute Gasteiger partial charge is 0.354 e. The Bertz CT molecular complexity index is 602. The van der Waals surface area contributed by atoms with Gasteiger partial charge < -0.3 is 5.32 Å². The standard InChI is InChI=1S/C12H14N6O2/c1-17(2)16-12-10(18(19)20)11(13-8-14-12)15-9-6-4-3-5-7-9/h3-8H,1-2H3,(H2,13,14,15,16). The van der Waals surface area contributed by atoms with Crippen LogP contribution in [0.1, 0.15) is 0 Å². The molecular weight excluding hydrogens is 260 g/mol. The number of nitro groups is 1. The molecule has 0 aliphatic rings. The third-order valence-electron chi connectivity index (χ3n) is 2.37. The highest BCUT2D eigenvalue weighted by molar-refractivity contribution is 5.73. The first-order chi connectivity index (χ1) is 9.58. The van der Waals surface area contributed by atoms with Gasteiger partial charge in [0.25, 0.3) is 0 Å². The lowest BCUT2D eigenvalue weighted by Gasteiger charge is -2.13. The van der Waals surface area contributed by atoms with Gasteiger partial charge in [0.15, 0.2) is 0 Å². The Morgan fingerprint density at radius 1 is 1.15 bits per heavy atom. The fourth-order valence-corrected chi connectivity index (χ4v) is 1.60. The van der Waals surface area contributed by atoms with E-state index in [2.05, 4.69) is 20.7 Å². The van der Waals surface area contributed by atoms with Gasteiger partial charge in [0.1, 0.15) is 6.33 Å². The third kappa shape index (κ3) is 3.18. The van der Waals surface area contributed by atoms with Crippen molar-refractivity contribution in [2.45, 2.75) is 0 Å². The minimum atomic E-state index is -0.517. The second-order valence-electron chi connectivity index (χ2n) is 4.17. The zero-order valence-electron chi connectivity index (χ0n) is 11.1. The first-order valence-electron chi connectivity index (χ1n) is 5.83. The van der Waals surface area contributed by atoms with Crippen LogP contribution in [0.4, 0.5) is 23.0 Å². The van der Waals surface area contributed by atoms with E-state index in [1.54, 1.807) is 31.2 Å². The van der Waals surface area contributed by atoms with Gasteiger partial charge in [-0.3, -0.25) is 15.5 Å². The van der Waals surface area contributed by atoms with Crippen LogP contribution in [-0.4, -0.2) is 34.0 Å². The van der Waals surface area contributed by atoms with Crippen LogP contribution in [0.25, 0.3) is 0 Å². The van der Waals surface area contributed by atoms with Crippen LogP contribution >= 0.6 is 0 Å². The molecule has 1 aromatic carbocycles. The molecule has 8 nitrogen and oxygen atoms in total. The molecule has 1 aromatic heterocycles. The van der Waals surface area contributed by atoms with Gasteiger partial charge in [0, 0.05) is 19.8 Å². The predicted octanol–water partition coefficient (Wildman–Crippen LogP) is 2.02. The molecule has 20 heavy (non-hydrogen) atoms. The van der Waals surface area contributed by atoms with Crippen LogP contribution in [-0.2, 0) is 0 Å². The first-order valence-corrected chi connectivity index (χ1v) is 5.83. The molecule has 0 saturated carbocycles. The number of nitrogens with one attached hydrogen (secondary N) is 2. The van der Waals surface area contributed by atoms with Crippen LogP contribution in [0.5, 0.6) is 0 Å². The van der Waals surface area contributed by atoms with E-state index in [9.17, 15) is 10.1 Å². The lowest BCUT2D eigenvalue weighted by molar-refractivity contribution is -0.383. The summed E-state index contributed by atoms with van der Waals surface area (Å²) in [5.41, 5.74) is 3.29. The fourth-order valence-electron chi connectivity index (χ4n) is 1.60. The lowest BCUT2D eigenvalue weighted by atomic mass is 10.3. The summed E-state index contributed by atoms with van der Waals surface area (Å²) in [4.78, 5) is 18.6. The molecular formula is C12H14N6O2. The molecule has 0 unspecified atom stereocenters. The van der Waals surface area contributed by atoms with Crippen molar-refractivity contribution in [1.29, 1.82) is 0 Å². The fraction of sp³-hybridized carbons (Fsp3) is 0.167. The van der Waals surface area contributed by atoms with Crippen molar-refractivity contribution in [3.63, 3.8) is 0 Å². The molecule has 0 radical (unpaired) electrons. The van der Waals surface area contributed by atoms with E-state index in [0.717, 1.165) is 0 Å². The van der Waals surface area contributed by atoms with Gasteiger partial charge in [-0.2, -0.15) is 0 Å². The molecule has 2 rings (SSSR count). The number of para-hydroxylation sites is 1. The second kappa shape index (κ2) is 5.93. The molecule has 0 spiro atoms. The zero-order valence-corrected chi connectivity index (χ0v) is 11.1. The molecule has 1 heterocycles. The van der Waals surface area contributed by atoms with Crippen molar-refractivity contribution in [2.24, 2.45) is 0 Å². The smallest absolute Gasteiger partial charge is 0.334 e. The van der Waals surface area contributed by atoms with Crippen LogP contribution in [0.15, 0.2) is 36.7 Å². The molecule has 8 heteroatoms. The average Bonchev–Trinajstić information content (AvgIpc) is 2.39. The van der Waals surface area contributed by atoms with E-state index >= 15 is 0 Å². The van der Waals surface area contributed by atoms with E-state index in [0.29, 0.717) is 5.69 Å². The predicted molar refractivity (Wildman–Crippen MR) is 75.7 cm³/mol. The summed E-state index contributed by atoms with van der Waals surface area (Å²) in [7, 11) is 3.44. The number of hydrazine groups is 1. The van der Waals surface area contributed by atoms with Crippen molar-refractivity contribution in [3.8, 4) is 0 Å². The van der Waals surface area contributed by atoms with Crippen molar-refractivity contribution >= 4 is 23.0 Å². The zero-order chi connectivity index (χ0) is 14.5. The van der Waals surface area contributed by atoms with E-state index in [1.165, 1.54) is 6.33 Å². The van der Waals surface area contributed by atoms with Crippen LogP contribution < -0.4 is 10.7 Å². The van der Waals surface area contributed by atoms with Crippen molar-refractivity contribution < 1.29 is 4.92 Å². The number of rotatable bonds is 5. The first kappa shape index (κ1) is 13.7. The van der Waals surface area contributed by atoms with E-state index in [-0.39, 0.29) is 17.3 Å². The summed E-state index contributed by atoms with van der Waals surface area (Å²) in [6, 6.07) is 9.11. The Morgan fingerprint density at radius 3 is 2.40 bits per heavy atom. The summed E-state index contributed by atoms with van der Waals surface area (Å²) in [5, 5.41) is 15.7.